The quantitative estimate of drug-likeness (QED) is 0.234. The van der Waals surface area contributed by atoms with Crippen molar-refractivity contribution in [3.63, 3.8) is 0 Å². The first kappa shape index (κ1) is 28.3. The predicted molar refractivity (Wildman–Crippen MR) is 152 cm³/mol. The van der Waals surface area contributed by atoms with Gasteiger partial charge in [0.05, 0.1) is 21.4 Å². The van der Waals surface area contributed by atoms with Crippen molar-refractivity contribution in [1.82, 2.24) is 20.1 Å². The summed E-state index contributed by atoms with van der Waals surface area (Å²) >= 11 is 12.1. The lowest BCUT2D eigenvalue weighted by atomic mass is 9.99. The van der Waals surface area contributed by atoms with Gasteiger partial charge >= 0.3 is 12.0 Å². The third-order valence-corrected chi connectivity index (χ3v) is 6.20. The number of nitrogens with zero attached hydrogens (tertiary/aromatic N) is 3. The van der Waals surface area contributed by atoms with Gasteiger partial charge in [-0.3, -0.25) is 19.4 Å². The number of carboxylic acids is 1. The molecular formula is C27H22Cl2N6O5. The van der Waals surface area contributed by atoms with Crippen LogP contribution in [0.25, 0.3) is 22.4 Å². The monoisotopic (exact) mass is 580 g/mol. The molecule has 204 valence electrons. The van der Waals surface area contributed by atoms with Gasteiger partial charge in [-0.1, -0.05) is 53.5 Å². The highest BCUT2D eigenvalue weighted by Crippen LogP contribution is 2.29. The average molecular weight is 581 g/mol. The number of carboxylic acid groups (broad SMARTS) is 1. The first-order valence-electron chi connectivity index (χ1n) is 11.9. The molecule has 0 aliphatic carbocycles. The van der Waals surface area contributed by atoms with Gasteiger partial charge in [0.25, 0.3) is 11.5 Å². The van der Waals surface area contributed by atoms with E-state index in [1.54, 1.807) is 43.3 Å². The van der Waals surface area contributed by atoms with Crippen LogP contribution in [-0.4, -0.2) is 44.3 Å². The number of rotatable bonds is 8. The molecule has 0 saturated carbocycles. The molecule has 2 aromatic carbocycles. The zero-order valence-corrected chi connectivity index (χ0v) is 22.5. The molecule has 13 heteroatoms. The molecule has 4 aromatic rings. The number of amides is 3. The normalized spacial score (nSPS) is 10.6. The molecule has 0 spiro atoms. The number of pyridine rings is 1. The van der Waals surface area contributed by atoms with Gasteiger partial charge in [-0.25, -0.2) is 9.48 Å². The van der Waals surface area contributed by atoms with E-state index in [0.717, 1.165) is 5.56 Å². The summed E-state index contributed by atoms with van der Waals surface area (Å²) in [7, 11) is 0. The summed E-state index contributed by atoms with van der Waals surface area (Å²) in [5.41, 5.74) is 2.42. The number of benzene rings is 2. The summed E-state index contributed by atoms with van der Waals surface area (Å²) in [6.45, 7) is 1.50. The summed E-state index contributed by atoms with van der Waals surface area (Å²) in [5.74, 6) is -1.66. The molecule has 0 unspecified atom stereocenters. The molecule has 0 bridgehead atoms. The van der Waals surface area contributed by atoms with Crippen molar-refractivity contribution in [1.29, 1.82) is 0 Å². The summed E-state index contributed by atoms with van der Waals surface area (Å²) in [6.07, 6.45) is 2.64. The summed E-state index contributed by atoms with van der Waals surface area (Å²) < 4.78 is 1.22. The van der Waals surface area contributed by atoms with Crippen LogP contribution < -0.4 is 21.5 Å². The van der Waals surface area contributed by atoms with E-state index in [2.05, 4.69) is 26.0 Å². The van der Waals surface area contributed by atoms with E-state index >= 15 is 0 Å². The van der Waals surface area contributed by atoms with Gasteiger partial charge in [-0.15, -0.1) is 0 Å². The van der Waals surface area contributed by atoms with Crippen molar-refractivity contribution in [2.45, 2.75) is 13.5 Å². The molecule has 3 amide bonds. The smallest absolute Gasteiger partial charge is 0.323 e. The first-order chi connectivity index (χ1) is 19.2. The van der Waals surface area contributed by atoms with E-state index in [1.165, 1.54) is 23.1 Å². The van der Waals surface area contributed by atoms with Gasteiger partial charge in [0.2, 0.25) is 0 Å². The second kappa shape index (κ2) is 12.4. The maximum Gasteiger partial charge on any atom is 0.323 e. The second-order valence-corrected chi connectivity index (χ2v) is 9.17. The van der Waals surface area contributed by atoms with Crippen LogP contribution in [0.3, 0.4) is 0 Å². The number of anilines is 2. The number of halogens is 2. The number of carbonyl (C=O) groups is 3. The number of hydrogen-bond donors (Lipinski definition) is 4. The molecule has 4 rings (SSSR count). The van der Waals surface area contributed by atoms with Crippen LogP contribution in [0.15, 0.2) is 71.8 Å². The van der Waals surface area contributed by atoms with Gasteiger partial charge in [0.1, 0.15) is 12.2 Å². The Balaban J connectivity index is 1.63. The van der Waals surface area contributed by atoms with Crippen LogP contribution in [-0.2, 0) is 11.3 Å². The molecule has 4 N–H and O–H groups in total. The van der Waals surface area contributed by atoms with E-state index in [1.807, 2.05) is 12.1 Å². The lowest BCUT2D eigenvalue weighted by molar-refractivity contribution is -0.135. The fourth-order valence-corrected chi connectivity index (χ4v) is 4.20. The lowest BCUT2D eigenvalue weighted by Crippen LogP contribution is -2.29. The summed E-state index contributed by atoms with van der Waals surface area (Å²) in [5, 5.41) is 20.9. The third kappa shape index (κ3) is 6.63. The Morgan fingerprint density at radius 2 is 1.57 bits per heavy atom. The van der Waals surface area contributed by atoms with E-state index in [0.29, 0.717) is 22.4 Å². The van der Waals surface area contributed by atoms with Crippen molar-refractivity contribution < 1.29 is 19.5 Å². The molecule has 2 heterocycles. The number of carbonyl (C=O) groups excluding carboxylic acids is 2. The maximum atomic E-state index is 12.9. The number of aliphatic carboxylic acids is 1. The van der Waals surface area contributed by atoms with Crippen molar-refractivity contribution in [3.8, 4) is 22.4 Å². The van der Waals surface area contributed by atoms with Crippen LogP contribution in [0, 0.1) is 0 Å². The third-order valence-electron chi connectivity index (χ3n) is 5.63. The molecule has 0 aliphatic heterocycles. The summed E-state index contributed by atoms with van der Waals surface area (Å²) in [6, 6.07) is 14.7. The molecule has 2 aromatic heterocycles. The van der Waals surface area contributed by atoms with Crippen molar-refractivity contribution in [2.75, 3.05) is 17.2 Å². The van der Waals surface area contributed by atoms with E-state index < -0.39 is 30.0 Å². The second-order valence-electron chi connectivity index (χ2n) is 8.36. The van der Waals surface area contributed by atoms with Crippen LogP contribution in [0.4, 0.5) is 16.2 Å². The fraction of sp³-hybridized carbons (Fsp3) is 0.111. The number of aryl methyl sites for hydroxylation is 1. The molecule has 0 saturated heterocycles. The zero-order chi connectivity index (χ0) is 28.8. The van der Waals surface area contributed by atoms with Gasteiger partial charge < -0.3 is 21.1 Å². The van der Waals surface area contributed by atoms with Crippen LogP contribution >= 0.6 is 23.2 Å². The fourth-order valence-electron chi connectivity index (χ4n) is 3.74. The zero-order valence-electron chi connectivity index (χ0n) is 20.9. The maximum absolute atomic E-state index is 12.9. The highest BCUT2D eigenvalue weighted by molar-refractivity contribution is 6.39. The average Bonchev–Trinajstić information content (AvgIpc) is 2.95. The Kier molecular flexibility index (Phi) is 8.77. The number of aromatic nitrogens is 3. The number of nitrogens with one attached hydrogen (secondary N) is 3. The summed E-state index contributed by atoms with van der Waals surface area (Å²) in [4.78, 5) is 52.6. The van der Waals surface area contributed by atoms with Crippen LogP contribution in [0.2, 0.25) is 10.0 Å². The Bertz CT molecular complexity index is 1650. The Morgan fingerprint density at radius 3 is 2.25 bits per heavy atom. The molecule has 0 atom stereocenters. The SMILES string of the molecule is CCn1nc(-c2cccc(-c3cccc(C(=O)NCC(=O)O)c3)c2)cc(NC(=O)Nc2c(Cl)cncc2Cl)c1=O. The van der Waals surface area contributed by atoms with E-state index in [-0.39, 0.29) is 28.0 Å². The number of hydrogen-bond acceptors (Lipinski definition) is 6. The highest BCUT2D eigenvalue weighted by atomic mass is 35.5. The van der Waals surface area contributed by atoms with Crippen molar-refractivity contribution in [2.24, 2.45) is 0 Å². The minimum absolute atomic E-state index is 0.0202. The van der Waals surface area contributed by atoms with Gasteiger partial charge in [0.15, 0.2) is 0 Å². The molecule has 0 fully saturated rings. The Labute approximate surface area is 237 Å². The van der Waals surface area contributed by atoms with Gasteiger partial charge in [-0.05, 0) is 42.3 Å². The van der Waals surface area contributed by atoms with Crippen LogP contribution in [0.5, 0.6) is 0 Å². The largest absolute Gasteiger partial charge is 0.480 e. The van der Waals surface area contributed by atoms with Gasteiger partial charge in [-0.2, -0.15) is 5.10 Å². The molecule has 0 radical (unpaired) electrons. The van der Waals surface area contributed by atoms with Crippen molar-refractivity contribution in [3.05, 3.63) is 93.0 Å². The van der Waals surface area contributed by atoms with Crippen molar-refractivity contribution >= 4 is 52.5 Å². The minimum Gasteiger partial charge on any atom is -0.480 e. The van der Waals surface area contributed by atoms with E-state index in [9.17, 15) is 19.2 Å². The van der Waals surface area contributed by atoms with E-state index in [4.69, 9.17) is 28.3 Å². The van der Waals surface area contributed by atoms with Gasteiger partial charge in [0, 0.05) is 30.1 Å². The molecule has 0 aliphatic rings. The van der Waals surface area contributed by atoms with Crippen LogP contribution in [0.1, 0.15) is 17.3 Å². The Hall–Kier alpha value is -4.74. The molecule has 40 heavy (non-hydrogen) atoms. The standard InChI is InChI=1S/C27H22Cl2N6O5/c1-2-35-26(39)22(32-27(40)33-24-19(28)12-30-13-20(24)29)11-21(34-35)17-7-3-5-15(9-17)16-6-4-8-18(10-16)25(38)31-14-23(36)37/h3-13H,2,14H2,1H3,(H,31,38)(H,36,37)(H2,30,32,33,40). The lowest BCUT2D eigenvalue weighted by Gasteiger charge is -2.13. The first-order valence-corrected chi connectivity index (χ1v) is 12.6. The Morgan fingerprint density at radius 1 is 0.925 bits per heavy atom. The highest BCUT2D eigenvalue weighted by Gasteiger charge is 2.16. The molecule has 11 nitrogen and oxygen atoms in total. The molecular weight excluding hydrogens is 559 g/mol. The predicted octanol–water partition coefficient (Wildman–Crippen LogP) is 4.76. The minimum atomic E-state index is -1.14. The number of urea groups is 1. The topological polar surface area (TPSA) is 155 Å².